The van der Waals surface area contributed by atoms with E-state index >= 15 is 0 Å². The first-order chi connectivity index (χ1) is 14.2. The Labute approximate surface area is 179 Å². The molecule has 0 aliphatic rings. The largest absolute Gasteiger partial charge is 0.494 e. The van der Waals surface area contributed by atoms with Crippen LogP contribution in [0.1, 0.15) is 39.3 Å². The Morgan fingerprint density at radius 1 is 0.933 bits per heavy atom. The van der Waals surface area contributed by atoms with Gasteiger partial charge in [0.05, 0.1) is 31.2 Å². The second-order valence-corrected chi connectivity index (χ2v) is 8.75. The number of rotatable bonds is 10. The number of nitrogens with one attached hydrogen (secondary N) is 1. The number of hydrogen-bond donors (Lipinski definition) is 1. The van der Waals surface area contributed by atoms with Crippen LogP contribution in [0.2, 0.25) is 0 Å². The second-order valence-electron chi connectivity index (χ2n) is 6.89. The predicted molar refractivity (Wildman–Crippen MR) is 119 cm³/mol. The van der Waals surface area contributed by atoms with Gasteiger partial charge in [0.1, 0.15) is 17.5 Å². The zero-order valence-electron chi connectivity index (χ0n) is 18.1. The fraction of sp³-hybridized carbons (Fsp3) is 0.409. The molecule has 8 heteroatoms. The summed E-state index contributed by atoms with van der Waals surface area (Å²) in [6.07, 6.45) is 1.09. The predicted octanol–water partition coefficient (Wildman–Crippen LogP) is 3.52. The summed E-state index contributed by atoms with van der Waals surface area (Å²) in [5.74, 6) is 0.999. The van der Waals surface area contributed by atoms with E-state index < -0.39 is 22.0 Å². The van der Waals surface area contributed by atoms with Gasteiger partial charge in [-0.05, 0) is 69.7 Å². The average Bonchev–Trinajstić information content (AvgIpc) is 2.69. The molecule has 0 saturated heterocycles. The number of carbonyl (C=O) groups excluding carboxylic acids is 1. The number of anilines is 1. The van der Waals surface area contributed by atoms with Crippen LogP contribution in [0.25, 0.3) is 0 Å². The molecule has 164 valence electrons. The van der Waals surface area contributed by atoms with Crippen molar-refractivity contribution in [1.82, 2.24) is 5.32 Å². The summed E-state index contributed by atoms with van der Waals surface area (Å²) < 4.78 is 36.8. The zero-order chi connectivity index (χ0) is 22.3. The first-order valence-corrected chi connectivity index (χ1v) is 11.8. The molecule has 0 aliphatic carbocycles. The molecule has 0 saturated carbocycles. The highest BCUT2D eigenvalue weighted by Gasteiger charge is 2.30. The van der Waals surface area contributed by atoms with Crippen LogP contribution < -0.4 is 19.1 Å². The summed E-state index contributed by atoms with van der Waals surface area (Å²) in [5, 5.41) is 2.89. The molecule has 0 aliphatic heterocycles. The minimum Gasteiger partial charge on any atom is -0.494 e. The Kier molecular flexibility index (Phi) is 8.11. The molecule has 0 spiro atoms. The summed E-state index contributed by atoms with van der Waals surface area (Å²) >= 11 is 0. The van der Waals surface area contributed by atoms with Crippen molar-refractivity contribution in [2.45, 2.75) is 39.8 Å². The smallest absolute Gasteiger partial charge is 0.244 e. The molecule has 0 unspecified atom stereocenters. The van der Waals surface area contributed by atoms with E-state index in [-0.39, 0.29) is 6.04 Å². The van der Waals surface area contributed by atoms with Crippen molar-refractivity contribution in [2.24, 2.45) is 0 Å². The van der Waals surface area contributed by atoms with E-state index in [0.717, 1.165) is 21.9 Å². The first-order valence-electron chi connectivity index (χ1n) is 9.92. The van der Waals surface area contributed by atoms with Crippen molar-refractivity contribution < 1.29 is 22.7 Å². The van der Waals surface area contributed by atoms with Gasteiger partial charge in [0.2, 0.25) is 15.9 Å². The third kappa shape index (κ3) is 6.13. The Hall–Kier alpha value is -2.74. The van der Waals surface area contributed by atoms with Gasteiger partial charge in [0, 0.05) is 0 Å². The fourth-order valence-electron chi connectivity index (χ4n) is 3.10. The van der Waals surface area contributed by atoms with E-state index in [2.05, 4.69) is 5.32 Å². The van der Waals surface area contributed by atoms with Crippen LogP contribution in [0.5, 0.6) is 11.5 Å². The van der Waals surface area contributed by atoms with Crippen molar-refractivity contribution in [3.63, 3.8) is 0 Å². The number of ether oxygens (including phenoxy) is 2. The number of carbonyl (C=O) groups is 1. The Morgan fingerprint density at radius 3 is 1.83 bits per heavy atom. The number of sulfonamides is 1. The van der Waals surface area contributed by atoms with Gasteiger partial charge in [0.15, 0.2) is 0 Å². The molecule has 30 heavy (non-hydrogen) atoms. The first kappa shape index (κ1) is 23.5. The minimum atomic E-state index is -3.68. The van der Waals surface area contributed by atoms with Crippen molar-refractivity contribution in [1.29, 1.82) is 0 Å². The highest BCUT2D eigenvalue weighted by atomic mass is 32.2. The van der Waals surface area contributed by atoms with Gasteiger partial charge in [-0.1, -0.05) is 12.1 Å². The molecule has 0 aromatic heterocycles. The number of amides is 1. The van der Waals surface area contributed by atoms with E-state index in [1.165, 1.54) is 0 Å². The van der Waals surface area contributed by atoms with E-state index in [0.29, 0.717) is 24.7 Å². The highest BCUT2D eigenvalue weighted by Crippen LogP contribution is 2.25. The lowest BCUT2D eigenvalue weighted by Gasteiger charge is -2.29. The lowest BCUT2D eigenvalue weighted by atomic mass is 10.1. The van der Waals surface area contributed by atoms with E-state index in [1.807, 2.05) is 45.0 Å². The van der Waals surface area contributed by atoms with Crippen LogP contribution in [-0.4, -0.2) is 39.8 Å². The standard InChI is InChI=1S/C22H30N2O5S/c1-6-28-20-12-8-18(9-13-20)16(3)23-22(25)17(4)24(30(5,26)27)19-10-14-21(15-11-19)29-7-2/h8-17H,6-7H2,1-5H3,(H,23,25)/t16-,17-/m0/s1. The molecule has 7 nitrogen and oxygen atoms in total. The van der Waals surface area contributed by atoms with E-state index in [4.69, 9.17) is 9.47 Å². The lowest BCUT2D eigenvalue weighted by Crippen LogP contribution is -2.48. The summed E-state index contributed by atoms with van der Waals surface area (Å²) in [6.45, 7) is 8.29. The van der Waals surface area contributed by atoms with Crippen molar-refractivity contribution in [3.8, 4) is 11.5 Å². The Balaban J connectivity index is 2.16. The summed E-state index contributed by atoms with van der Waals surface area (Å²) in [5.41, 5.74) is 1.29. The maximum atomic E-state index is 12.9. The van der Waals surface area contributed by atoms with Crippen molar-refractivity contribution >= 4 is 21.6 Å². The topological polar surface area (TPSA) is 84.9 Å². The number of benzene rings is 2. The molecule has 1 amide bonds. The molecule has 2 aromatic carbocycles. The third-order valence-electron chi connectivity index (χ3n) is 4.54. The minimum absolute atomic E-state index is 0.294. The van der Waals surface area contributed by atoms with Gasteiger partial charge < -0.3 is 14.8 Å². The molecule has 0 bridgehead atoms. The highest BCUT2D eigenvalue weighted by molar-refractivity contribution is 7.92. The van der Waals surface area contributed by atoms with Crippen LogP contribution in [0.3, 0.4) is 0 Å². The monoisotopic (exact) mass is 434 g/mol. The number of hydrogen-bond acceptors (Lipinski definition) is 5. The van der Waals surface area contributed by atoms with Gasteiger partial charge in [-0.25, -0.2) is 8.42 Å². The van der Waals surface area contributed by atoms with Crippen LogP contribution in [0.15, 0.2) is 48.5 Å². The van der Waals surface area contributed by atoms with Gasteiger partial charge >= 0.3 is 0 Å². The molecule has 0 heterocycles. The van der Waals surface area contributed by atoms with Gasteiger partial charge in [0.25, 0.3) is 0 Å². The van der Waals surface area contributed by atoms with Crippen molar-refractivity contribution in [2.75, 3.05) is 23.8 Å². The van der Waals surface area contributed by atoms with Crippen LogP contribution in [0.4, 0.5) is 5.69 Å². The van der Waals surface area contributed by atoms with Gasteiger partial charge in [-0.2, -0.15) is 0 Å². The molecule has 1 N–H and O–H groups in total. The van der Waals surface area contributed by atoms with Gasteiger partial charge in [-0.3, -0.25) is 9.10 Å². The second kappa shape index (κ2) is 10.3. The van der Waals surface area contributed by atoms with Crippen molar-refractivity contribution in [3.05, 3.63) is 54.1 Å². The maximum absolute atomic E-state index is 12.9. The molecular formula is C22H30N2O5S. The molecular weight excluding hydrogens is 404 g/mol. The normalized spacial score (nSPS) is 13.2. The molecule has 0 radical (unpaired) electrons. The Morgan fingerprint density at radius 2 is 1.40 bits per heavy atom. The zero-order valence-corrected chi connectivity index (χ0v) is 18.9. The molecule has 2 aromatic rings. The lowest BCUT2D eigenvalue weighted by molar-refractivity contribution is -0.122. The summed E-state index contributed by atoms with van der Waals surface area (Å²) in [7, 11) is -3.68. The summed E-state index contributed by atoms with van der Waals surface area (Å²) in [4.78, 5) is 12.9. The molecule has 2 rings (SSSR count). The quantitative estimate of drug-likeness (QED) is 0.618. The summed E-state index contributed by atoms with van der Waals surface area (Å²) in [6, 6.07) is 12.8. The molecule has 0 fully saturated rings. The SMILES string of the molecule is CCOc1ccc([C@H](C)NC(=O)[C@H](C)N(c2ccc(OCC)cc2)S(C)(=O)=O)cc1. The third-order valence-corrected chi connectivity index (χ3v) is 5.78. The van der Waals surface area contributed by atoms with Crippen LogP contribution in [-0.2, 0) is 14.8 Å². The van der Waals surface area contributed by atoms with E-state index in [1.54, 1.807) is 31.2 Å². The van der Waals surface area contributed by atoms with Crippen LogP contribution >= 0.6 is 0 Å². The van der Waals surface area contributed by atoms with E-state index in [9.17, 15) is 13.2 Å². The van der Waals surface area contributed by atoms with Crippen LogP contribution in [0, 0.1) is 0 Å². The average molecular weight is 435 g/mol. The fourth-order valence-corrected chi connectivity index (χ4v) is 4.28. The molecule has 2 atom stereocenters. The number of nitrogens with zero attached hydrogens (tertiary/aromatic N) is 1. The van der Waals surface area contributed by atoms with Gasteiger partial charge in [-0.15, -0.1) is 0 Å². The maximum Gasteiger partial charge on any atom is 0.244 e. The Bertz CT molecular complexity index is 927.